The Balaban J connectivity index is 1.70. The van der Waals surface area contributed by atoms with Crippen molar-refractivity contribution in [2.24, 2.45) is 5.92 Å². The second kappa shape index (κ2) is 7.27. The molecule has 0 aromatic carbocycles. The first-order valence-corrected chi connectivity index (χ1v) is 8.42. The van der Waals surface area contributed by atoms with Crippen LogP contribution in [0.1, 0.15) is 57.3 Å². The molecule has 0 saturated carbocycles. The van der Waals surface area contributed by atoms with Gasteiger partial charge >= 0.3 is 0 Å². The Morgan fingerprint density at radius 3 is 2.86 bits per heavy atom. The lowest BCUT2D eigenvalue weighted by Crippen LogP contribution is -2.36. The average Bonchev–Trinajstić information content (AvgIpc) is 2.93. The summed E-state index contributed by atoms with van der Waals surface area (Å²) in [5.74, 6) is 0.786. The summed E-state index contributed by atoms with van der Waals surface area (Å²) in [5.41, 5.74) is 0.547. The van der Waals surface area contributed by atoms with Crippen LogP contribution in [0.15, 0.2) is 12.4 Å². The summed E-state index contributed by atoms with van der Waals surface area (Å²) in [4.78, 5) is 14.6. The van der Waals surface area contributed by atoms with Crippen LogP contribution < -0.4 is 5.32 Å². The quantitative estimate of drug-likeness (QED) is 0.850. The van der Waals surface area contributed by atoms with E-state index in [4.69, 9.17) is 0 Å². The fraction of sp³-hybridized carbons (Fsp3) is 0.765. The zero-order chi connectivity index (χ0) is 16.2. The van der Waals surface area contributed by atoms with Crippen LogP contribution in [0, 0.1) is 5.92 Å². The van der Waals surface area contributed by atoms with Crippen molar-refractivity contribution >= 4 is 5.91 Å². The Morgan fingerprint density at radius 2 is 2.23 bits per heavy atom. The number of nitrogens with zero attached hydrogens (tertiary/aromatic N) is 3. The molecule has 124 valence electrons. The average molecular weight is 306 g/mol. The van der Waals surface area contributed by atoms with Gasteiger partial charge in [-0.25, -0.2) is 0 Å². The second-order valence-corrected chi connectivity index (χ2v) is 7.50. The van der Waals surface area contributed by atoms with Crippen molar-refractivity contribution in [2.75, 3.05) is 26.2 Å². The molecule has 22 heavy (non-hydrogen) atoms. The number of hydrogen-bond donors (Lipinski definition) is 1. The van der Waals surface area contributed by atoms with E-state index in [1.165, 1.54) is 25.9 Å². The van der Waals surface area contributed by atoms with Crippen LogP contribution in [-0.2, 0) is 5.54 Å². The molecule has 0 unspecified atom stereocenters. The van der Waals surface area contributed by atoms with Gasteiger partial charge < -0.3 is 10.2 Å². The van der Waals surface area contributed by atoms with Gasteiger partial charge in [0.2, 0.25) is 0 Å². The molecule has 1 N–H and O–H groups in total. The normalized spacial score (nSPS) is 20.1. The minimum Gasteiger partial charge on any atom is -0.352 e. The van der Waals surface area contributed by atoms with Gasteiger partial charge in [-0.15, -0.1) is 0 Å². The Hall–Kier alpha value is -1.36. The van der Waals surface area contributed by atoms with Crippen LogP contribution in [0.4, 0.5) is 0 Å². The van der Waals surface area contributed by atoms with Crippen molar-refractivity contribution in [2.45, 2.75) is 52.5 Å². The van der Waals surface area contributed by atoms with Crippen molar-refractivity contribution in [3.63, 3.8) is 0 Å². The lowest BCUT2D eigenvalue weighted by atomic mass is 10.0. The first-order valence-electron chi connectivity index (χ1n) is 8.42. The third-order valence-electron chi connectivity index (χ3n) is 4.21. The highest BCUT2D eigenvalue weighted by Crippen LogP contribution is 2.15. The summed E-state index contributed by atoms with van der Waals surface area (Å²) in [6, 6.07) is 0. The van der Waals surface area contributed by atoms with Gasteiger partial charge in [-0.2, -0.15) is 5.10 Å². The van der Waals surface area contributed by atoms with E-state index < -0.39 is 0 Å². The predicted molar refractivity (Wildman–Crippen MR) is 89.0 cm³/mol. The van der Waals surface area contributed by atoms with E-state index in [-0.39, 0.29) is 11.4 Å². The van der Waals surface area contributed by atoms with E-state index in [0.717, 1.165) is 25.4 Å². The summed E-state index contributed by atoms with van der Waals surface area (Å²) in [6.07, 6.45) is 7.13. The van der Waals surface area contributed by atoms with Crippen LogP contribution in [0.2, 0.25) is 0 Å². The smallest absolute Gasteiger partial charge is 0.254 e. The van der Waals surface area contributed by atoms with E-state index in [2.05, 4.69) is 43.0 Å². The highest BCUT2D eigenvalue weighted by molar-refractivity contribution is 5.93. The largest absolute Gasteiger partial charge is 0.352 e. The maximum absolute atomic E-state index is 12.1. The molecule has 0 aliphatic carbocycles. The van der Waals surface area contributed by atoms with E-state index in [0.29, 0.717) is 5.56 Å². The van der Waals surface area contributed by atoms with Gasteiger partial charge in [0, 0.05) is 19.3 Å². The topological polar surface area (TPSA) is 50.2 Å². The SMILES string of the molecule is C[C@@H]1CCCN(CCCNC(=O)c2cnn(C(C)(C)C)c2)C1. The molecule has 0 spiro atoms. The number of amides is 1. The first-order chi connectivity index (χ1) is 10.4. The molecule has 0 radical (unpaired) electrons. The van der Waals surface area contributed by atoms with Gasteiger partial charge in [0.1, 0.15) is 0 Å². The molecule has 2 rings (SSSR count). The summed E-state index contributed by atoms with van der Waals surface area (Å²) >= 11 is 0. The van der Waals surface area contributed by atoms with Gasteiger partial charge in [0.15, 0.2) is 0 Å². The fourth-order valence-electron chi connectivity index (χ4n) is 2.90. The van der Waals surface area contributed by atoms with E-state index >= 15 is 0 Å². The van der Waals surface area contributed by atoms with Gasteiger partial charge in [-0.3, -0.25) is 9.48 Å². The van der Waals surface area contributed by atoms with Crippen molar-refractivity contribution in [1.82, 2.24) is 20.0 Å². The third kappa shape index (κ3) is 4.83. The standard InChI is InChI=1S/C17H30N4O/c1-14-7-5-9-20(12-14)10-6-8-18-16(22)15-11-19-21(13-15)17(2,3)4/h11,13-14H,5-10,12H2,1-4H3,(H,18,22)/t14-/m1/s1. The summed E-state index contributed by atoms with van der Waals surface area (Å²) in [6.45, 7) is 12.7. The zero-order valence-electron chi connectivity index (χ0n) is 14.4. The van der Waals surface area contributed by atoms with Crippen LogP contribution in [0.3, 0.4) is 0 Å². The van der Waals surface area contributed by atoms with Gasteiger partial charge in [-0.1, -0.05) is 6.92 Å². The summed E-state index contributed by atoms with van der Waals surface area (Å²) in [5, 5.41) is 7.26. The minimum absolute atomic E-state index is 0.0255. The second-order valence-electron chi connectivity index (χ2n) is 7.50. The Labute approximate surface area is 134 Å². The molecule has 1 aliphatic rings. The third-order valence-corrected chi connectivity index (χ3v) is 4.21. The molecule has 1 atom stereocenters. The number of hydrogen-bond acceptors (Lipinski definition) is 3. The minimum atomic E-state index is -0.0938. The van der Waals surface area contributed by atoms with Crippen molar-refractivity contribution in [3.05, 3.63) is 18.0 Å². The Morgan fingerprint density at radius 1 is 1.45 bits per heavy atom. The summed E-state index contributed by atoms with van der Waals surface area (Å²) in [7, 11) is 0. The highest BCUT2D eigenvalue weighted by Gasteiger charge is 2.17. The van der Waals surface area contributed by atoms with Crippen molar-refractivity contribution in [1.29, 1.82) is 0 Å². The number of rotatable bonds is 5. The summed E-state index contributed by atoms with van der Waals surface area (Å²) < 4.78 is 1.83. The molecule has 1 amide bonds. The number of likely N-dealkylation sites (tertiary alicyclic amines) is 1. The van der Waals surface area contributed by atoms with Crippen LogP contribution >= 0.6 is 0 Å². The molecule has 0 bridgehead atoms. The number of aromatic nitrogens is 2. The number of nitrogens with one attached hydrogen (secondary N) is 1. The number of carbonyl (C=O) groups is 1. The molecule has 5 heteroatoms. The lowest BCUT2D eigenvalue weighted by molar-refractivity contribution is 0.0950. The van der Waals surface area contributed by atoms with Gasteiger partial charge in [-0.05, 0) is 59.0 Å². The molecule has 1 aliphatic heterocycles. The Bertz CT molecular complexity index is 489. The fourth-order valence-corrected chi connectivity index (χ4v) is 2.90. The monoisotopic (exact) mass is 306 g/mol. The predicted octanol–water partition coefficient (Wildman–Crippen LogP) is 2.49. The van der Waals surface area contributed by atoms with Crippen molar-refractivity contribution in [3.8, 4) is 0 Å². The Kier molecular flexibility index (Phi) is 5.62. The van der Waals surface area contributed by atoms with E-state index in [9.17, 15) is 4.79 Å². The molecule has 2 heterocycles. The lowest BCUT2D eigenvalue weighted by Gasteiger charge is -2.30. The number of carbonyl (C=O) groups excluding carboxylic acids is 1. The molecule has 1 aromatic heterocycles. The van der Waals surface area contributed by atoms with Gasteiger partial charge in [0.25, 0.3) is 5.91 Å². The first kappa shape index (κ1) is 17.0. The molecule has 1 saturated heterocycles. The van der Waals surface area contributed by atoms with Crippen molar-refractivity contribution < 1.29 is 4.79 Å². The molecular weight excluding hydrogens is 276 g/mol. The molecule has 5 nitrogen and oxygen atoms in total. The van der Waals surface area contributed by atoms with Crippen LogP contribution in [-0.4, -0.2) is 46.8 Å². The maximum Gasteiger partial charge on any atom is 0.254 e. The zero-order valence-corrected chi connectivity index (χ0v) is 14.4. The highest BCUT2D eigenvalue weighted by atomic mass is 16.1. The molecular formula is C17H30N4O. The molecule has 1 fully saturated rings. The molecule has 1 aromatic rings. The van der Waals surface area contributed by atoms with E-state index in [1.807, 2.05) is 10.9 Å². The van der Waals surface area contributed by atoms with E-state index in [1.54, 1.807) is 6.20 Å². The number of piperidine rings is 1. The van der Waals surface area contributed by atoms with Crippen LogP contribution in [0.5, 0.6) is 0 Å². The van der Waals surface area contributed by atoms with Gasteiger partial charge in [0.05, 0.1) is 17.3 Å². The maximum atomic E-state index is 12.1. The van der Waals surface area contributed by atoms with Crippen LogP contribution in [0.25, 0.3) is 0 Å².